The molecular formula is C25H26FNO6S. The largest absolute Gasteiger partial charge is 0.496 e. The summed E-state index contributed by atoms with van der Waals surface area (Å²) in [6, 6.07) is 15.9. The highest BCUT2D eigenvalue weighted by Gasteiger charge is 2.24. The van der Waals surface area contributed by atoms with Crippen LogP contribution in [0.3, 0.4) is 0 Å². The molecule has 0 radical (unpaired) electrons. The summed E-state index contributed by atoms with van der Waals surface area (Å²) in [6.07, 6.45) is 0. The molecule has 3 rings (SSSR count). The van der Waals surface area contributed by atoms with E-state index in [1.165, 1.54) is 20.3 Å². The van der Waals surface area contributed by atoms with Gasteiger partial charge in [0, 0.05) is 12.6 Å². The van der Waals surface area contributed by atoms with Crippen molar-refractivity contribution < 1.29 is 31.3 Å². The van der Waals surface area contributed by atoms with Crippen molar-refractivity contribution in [2.24, 2.45) is 0 Å². The van der Waals surface area contributed by atoms with E-state index in [1.54, 1.807) is 41.3 Å². The Morgan fingerprint density at radius 2 is 1.56 bits per heavy atom. The van der Waals surface area contributed by atoms with Crippen LogP contribution in [0.25, 0.3) is 0 Å². The third-order valence-electron chi connectivity index (χ3n) is 5.10. The van der Waals surface area contributed by atoms with Crippen molar-refractivity contribution in [3.8, 4) is 17.2 Å². The quantitative estimate of drug-likeness (QED) is 0.408. The number of rotatable bonds is 9. The van der Waals surface area contributed by atoms with Crippen molar-refractivity contribution in [1.82, 2.24) is 4.90 Å². The monoisotopic (exact) mass is 487 g/mol. The van der Waals surface area contributed by atoms with Crippen LogP contribution in [0.4, 0.5) is 4.39 Å². The van der Waals surface area contributed by atoms with Crippen LogP contribution in [0, 0.1) is 5.82 Å². The predicted molar refractivity (Wildman–Crippen MR) is 125 cm³/mol. The maximum atomic E-state index is 13.3. The van der Waals surface area contributed by atoms with Crippen molar-refractivity contribution in [2.75, 3.05) is 14.2 Å². The number of methoxy groups -OCH3 is 2. The van der Waals surface area contributed by atoms with Crippen LogP contribution in [-0.4, -0.2) is 39.5 Å². The molecule has 0 heterocycles. The molecule has 0 aliphatic rings. The number of para-hydroxylation sites is 1. The number of nitrogens with zero attached hydrogens (tertiary/aromatic N) is 1. The van der Waals surface area contributed by atoms with E-state index >= 15 is 0 Å². The Morgan fingerprint density at radius 3 is 2.18 bits per heavy atom. The number of carbonyl (C=O) groups is 1. The summed E-state index contributed by atoms with van der Waals surface area (Å²) in [5.41, 5.74) is 1.05. The maximum absolute atomic E-state index is 13.3. The second-order valence-corrected chi connectivity index (χ2v) is 9.25. The number of hydrogen-bond donors (Lipinski definition) is 0. The Labute approximate surface area is 198 Å². The van der Waals surface area contributed by atoms with Gasteiger partial charge >= 0.3 is 10.1 Å². The Morgan fingerprint density at radius 1 is 0.912 bits per heavy atom. The molecule has 0 aliphatic heterocycles. The molecule has 1 amide bonds. The minimum absolute atomic E-state index is 0.0437. The fraction of sp³-hybridized carbons (Fsp3) is 0.240. The van der Waals surface area contributed by atoms with Gasteiger partial charge in [0.25, 0.3) is 5.91 Å². The molecule has 0 aliphatic carbocycles. The van der Waals surface area contributed by atoms with E-state index in [9.17, 15) is 17.6 Å². The van der Waals surface area contributed by atoms with Crippen LogP contribution in [0.1, 0.15) is 29.8 Å². The fourth-order valence-corrected chi connectivity index (χ4v) is 4.25. The van der Waals surface area contributed by atoms with Gasteiger partial charge in [0.2, 0.25) is 0 Å². The third-order valence-corrected chi connectivity index (χ3v) is 6.35. The Hall–Kier alpha value is -3.59. The number of benzene rings is 3. The van der Waals surface area contributed by atoms with E-state index in [4.69, 9.17) is 13.7 Å². The smallest absolute Gasteiger partial charge is 0.339 e. The average Bonchev–Trinajstić information content (AvgIpc) is 2.82. The maximum Gasteiger partial charge on any atom is 0.339 e. The summed E-state index contributed by atoms with van der Waals surface area (Å²) in [5.74, 6) is -0.182. The molecule has 0 fully saturated rings. The molecule has 0 saturated carbocycles. The molecule has 180 valence electrons. The van der Waals surface area contributed by atoms with Gasteiger partial charge in [-0.3, -0.25) is 4.79 Å². The average molecular weight is 488 g/mol. The van der Waals surface area contributed by atoms with Crippen molar-refractivity contribution in [3.63, 3.8) is 0 Å². The van der Waals surface area contributed by atoms with Crippen molar-refractivity contribution >= 4 is 16.0 Å². The number of halogens is 1. The molecule has 0 bridgehead atoms. The van der Waals surface area contributed by atoms with E-state index in [0.29, 0.717) is 16.9 Å². The Kier molecular flexibility index (Phi) is 7.78. The first-order valence-electron chi connectivity index (χ1n) is 10.5. The van der Waals surface area contributed by atoms with Crippen LogP contribution in [-0.2, 0) is 16.7 Å². The molecule has 0 unspecified atom stereocenters. The number of hydrogen-bond acceptors (Lipinski definition) is 6. The summed E-state index contributed by atoms with van der Waals surface area (Å²) >= 11 is 0. The molecule has 0 saturated heterocycles. The number of carbonyl (C=O) groups excluding carboxylic acids is 1. The van der Waals surface area contributed by atoms with E-state index in [1.807, 2.05) is 13.8 Å². The zero-order chi connectivity index (χ0) is 24.9. The first kappa shape index (κ1) is 25.0. The molecule has 7 nitrogen and oxygen atoms in total. The highest BCUT2D eigenvalue weighted by Crippen LogP contribution is 2.32. The first-order valence-corrected chi connectivity index (χ1v) is 11.9. The molecule has 0 N–H and O–H groups in total. The molecule has 0 aromatic heterocycles. The summed E-state index contributed by atoms with van der Waals surface area (Å²) in [5, 5.41) is 0. The highest BCUT2D eigenvalue weighted by molar-refractivity contribution is 7.87. The lowest BCUT2D eigenvalue weighted by molar-refractivity contribution is 0.0686. The second-order valence-electron chi connectivity index (χ2n) is 7.70. The highest BCUT2D eigenvalue weighted by atomic mass is 32.2. The number of amides is 1. The molecule has 34 heavy (non-hydrogen) atoms. The van der Waals surface area contributed by atoms with Gasteiger partial charge in [0.15, 0.2) is 11.5 Å². The minimum Gasteiger partial charge on any atom is -0.496 e. The van der Waals surface area contributed by atoms with Crippen molar-refractivity contribution in [3.05, 3.63) is 83.7 Å². The van der Waals surface area contributed by atoms with Gasteiger partial charge < -0.3 is 18.6 Å². The lowest BCUT2D eigenvalue weighted by Crippen LogP contribution is -2.36. The standard InChI is InChI=1S/C25H26FNO6S/c1-17(2)27(25(28)21-7-5-6-8-22(21)31-3)16-18-9-14-23(32-4)24(15-18)33-34(29,30)20-12-10-19(26)11-13-20/h5-15,17H,16H2,1-4H3. The molecular weight excluding hydrogens is 461 g/mol. The van der Waals surface area contributed by atoms with Gasteiger partial charge in [-0.15, -0.1) is 0 Å². The zero-order valence-electron chi connectivity index (χ0n) is 19.3. The van der Waals surface area contributed by atoms with Crippen molar-refractivity contribution in [1.29, 1.82) is 0 Å². The lowest BCUT2D eigenvalue weighted by atomic mass is 10.1. The number of ether oxygens (including phenoxy) is 2. The molecule has 3 aromatic rings. The van der Waals surface area contributed by atoms with Gasteiger partial charge in [0.1, 0.15) is 16.5 Å². The van der Waals surface area contributed by atoms with Gasteiger partial charge in [0.05, 0.1) is 19.8 Å². The van der Waals surface area contributed by atoms with Gasteiger partial charge in [-0.05, 0) is 67.9 Å². The summed E-state index contributed by atoms with van der Waals surface area (Å²) in [6.45, 7) is 3.95. The molecule has 0 spiro atoms. The summed E-state index contributed by atoms with van der Waals surface area (Å²) in [7, 11) is -1.35. The normalized spacial score (nSPS) is 11.2. The first-order chi connectivity index (χ1) is 16.2. The van der Waals surface area contributed by atoms with E-state index < -0.39 is 15.9 Å². The van der Waals surface area contributed by atoms with Crippen LogP contribution in [0.15, 0.2) is 71.6 Å². The van der Waals surface area contributed by atoms with Gasteiger partial charge in [-0.25, -0.2) is 4.39 Å². The Balaban J connectivity index is 1.92. The third kappa shape index (κ3) is 5.66. The molecule has 0 atom stereocenters. The summed E-state index contributed by atoms with van der Waals surface area (Å²) in [4.78, 5) is 14.7. The van der Waals surface area contributed by atoms with Crippen molar-refractivity contribution in [2.45, 2.75) is 31.3 Å². The van der Waals surface area contributed by atoms with E-state index in [2.05, 4.69) is 0 Å². The van der Waals surface area contributed by atoms with Crippen LogP contribution >= 0.6 is 0 Å². The van der Waals surface area contributed by atoms with E-state index in [-0.39, 0.29) is 34.9 Å². The van der Waals surface area contributed by atoms with E-state index in [0.717, 1.165) is 24.3 Å². The van der Waals surface area contributed by atoms with Crippen LogP contribution in [0.5, 0.6) is 17.2 Å². The molecule has 3 aromatic carbocycles. The predicted octanol–water partition coefficient (Wildman–Crippen LogP) is 4.66. The second kappa shape index (κ2) is 10.6. The zero-order valence-corrected chi connectivity index (χ0v) is 20.1. The minimum atomic E-state index is -4.24. The topological polar surface area (TPSA) is 82.1 Å². The Bertz CT molecular complexity index is 1260. The van der Waals surface area contributed by atoms with Crippen LogP contribution in [0.2, 0.25) is 0 Å². The van der Waals surface area contributed by atoms with Gasteiger partial charge in [-0.2, -0.15) is 8.42 Å². The fourth-order valence-electron chi connectivity index (χ4n) is 3.31. The van der Waals surface area contributed by atoms with Gasteiger partial charge in [-0.1, -0.05) is 18.2 Å². The molecule has 9 heteroatoms. The SMILES string of the molecule is COc1ccc(CN(C(=O)c2ccccc2OC)C(C)C)cc1OS(=O)(=O)c1ccc(F)cc1. The lowest BCUT2D eigenvalue weighted by Gasteiger charge is -2.28. The van der Waals surface area contributed by atoms with Crippen LogP contribution < -0.4 is 13.7 Å². The summed E-state index contributed by atoms with van der Waals surface area (Å²) < 4.78 is 54.5.